The zero-order valence-corrected chi connectivity index (χ0v) is 11.5. The maximum absolute atomic E-state index is 5.91. The molecule has 102 valence electrons. The maximum Gasteiger partial charge on any atom is 0.145 e. The third-order valence-corrected chi connectivity index (χ3v) is 3.21. The number of anilines is 1. The maximum atomic E-state index is 5.91. The molecule has 0 atom stereocenters. The van der Waals surface area contributed by atoms with Gasteiger partial charge in [-0.25, -0.2) is 9.67 Å². The summed E-state index contributed by atoms with van der Waals surface area (Å²) in [5.74, 6) is 1.42. The molecule has 0 aliphatic heterocycles. The van der Waals surface area contributed by atoms with Crippen molar-refractivity contribution in [2.75, 3.05) is 12.8 Å². The average Bonchev–Trinajstić information content (AvgIpc) is 2.76. The predicted molar refractivity (Wildman–Crippen MR) is 78.8 cm³/mol. The molecule has 0 saturated heterocycles. The van der Waals surface area contributed by atoms with Crippen LogP contribution in [0.25, 0.3) is 10.9 Å². The highest BCUT2D eigenvalue weighted by Gasteiger charge is 2.07. The zero-order chi connectivity index (χ0) is 14.1. The zero-order valence-electron chi connectivity index (χ0n) is 11.5. The van der Waals surface area contributed by atoms with Crippen molar-refractivity contribution in [3.05, 3.63) is 47.8 Å². The van der Waals surface area contributed by atoms with Gasteiger partial charge in [0.05, 0.1) is 25.0 Å². The number of methoxy groups -OCH3 is 1. The highest BCUT2D eigenvalue weighted by atomic mass is 16.5. The Bertz CT molecular complexity index is 764. The number of fused-ring (bicyclic) bond motifs is 1. The second-order valence-electron chi connectivity index (χ2n) is 4.70. The van der Waals surface area contributed by atoms with E-state index in [0.29, 0.717) is 12.4 Å². The number of aryl methyl sites for hydroxylation is 1. The van der Waals surface area contributed by atoms with Gasteiger partial charge in [0, 0.05) is 11.5 Å². The summed E-state index contributed by atoms with van der Waals surface area (Å²) < 4.78 is 7.10. The first-order chi connectivity index (χ1) is 9.67. The molecule has 5 heteroatoms. The number of nitrogens with zero attached hydrogens (tertiary/aromatic N) is 3. The Hall–Kier alpha value is -2.56. The lowest BCUT2D eigenvalue weighted by molar-refractivity contribution is 0.418. The van der Waals surface area contributed by atoms with Crippen LogP contribution in [-0.2, 0) is 6.54 Å². The van der Waals surface area contributed by atoms with E-state index in [2.05, 4.69) is 10.1 Å². The number of rotatable bonds is 3. The van der Waals surface area contributed by atoms with Gasteiger partial charge in [-0.15, -0.1) is 0 Å². The van der Waals surface area contributed by atoms with Crippen LogP contribution < -0.4 is 10.5 Å². The predicted octanol–water partition coefficient (Wildman–Crippen LogP) is 2.38. The SMILES string of the molecule is COc1cccc2ccc(Cn3nc(C)cc3N)nc12. The Labute approximate surface area is 117 Å². The summed E-state index contributed by atoms with van der Waals surface area (Å²) in [5.41, 5.74) is 8.57. The van der Waals surface area contributed by atoms with Crippen molar-refractivity contribution in [1.29, 1.82) is 0 Å². The van der Waals surface area contributed by atoms with Gasteiger partial charge >= 0.3 is 0 Å². The van der Waals surface area contributed by atoms with E-state index in [1.165, 1.54) is 0 Å². The Morgan fingerprint density at radius 3 is 2.80 bits per heavy atom. The molecule has 0 spiro atoms. The summed E-state index contributed by atoms with van der Waals surface area (Å²) >= 11 is 0. The molecule has 5 nitrogen and oxygen atoms in total. The minimum Gasteiger partial charge on any atom is -0.494 e. The number of hydrogen-bond donors (Lipinski definition) is 1. The van der Waals surface area contributed by atoms with Crippen molar-refractivity contribution >= 4 is 16.7 Å². The molecular formula is C15H16N4O. The number of nitrogens with two attached hydrogens (primary N) is 1. The number of pyridine rings is 1. The van der Waals surface area contributed by atoms with Gasteiger partial charge in [-0.2, -0.15) is 5.10 Å². The average molecular weight is 268 g/mol. The van der Waals surface area contributed by atoms with E-state index in [1.807, 2.05) is 43.3 Å². The normalized spacial score (nSPS) is 10.9. The Balaban J connectivity index is 2.02. The van der Waals surface area contributed by atoms with Crippen LogP contribution in [-0.4, -0.2) is 21.9 Å². The summed E-state index contributed by atoms with van der Waals surface area (Å²) in [4.78, 5) is 4.65. The fourth-order valence-corrected chi connectivity index (χ4v) is 2.26. The highest BCUT2D eigenvalue weighted by molar-refractivity contribution is 5.84. The molecule has 0 aliphatic carbocycles. The van der Waals surface area contributed by atoms with E-state index in [0.717, 1.165) is 28.0 Å². The molecule has 0 fully saturated rings. The molecule has 0 amide bonds. The molecule has 2 heterocycles. The molecule has 3 aromatic rings. The van der Waals surface area contributed by atoms with Gasteiger partial charge in [-0.05, 0) is 19.1 Å². The van der Waals surface area contributed by atoms with Crippen LogP contribution in [0, 0.1) is 6.92 Å². The van der Waals surface area contributed by atoms with E-state index in [1.54, 1.807) is 11.8 Å². The smallest absolute Gasteiger partial charge is 0.145 e. The van der Waals surface area contributed by atoms with Crippen molar-refractivity contribution in [2.24, 2.45) is 0 Å². The molecule has 0 aliphatic rings. The molecule has 20 heavy (non-hydrogen) atoms. The Morgan fingerprint density at radius 1 is 1.25 bits per heavy atom. The van der Waals surface area contributed by atoms with Gasteiger partial charge in [0.2, 0.25) is 0 Å². The number of para-hydroxylation sites is 1. The lowest BCUT2D eigenvalue weighted by Gasteiger charge is -2.08. The summed E-state index contributed by atoms with van der Waals surface area (Å²) in [5, 5.41) is 5.40. The van der Waals surface area contributed by atoms with E-state index in [9.17, 15) is 0 Å². The second kappa shape index (κ2) is 4.85. The molecule has 2 N–H and O–H groups in total. The first kappa shape index (κ1) is 12.5. The lowest BCUT2D eigenvalue weighted by atomic mass is 10.2. The summed E-state index contributed by atoms with van der Waals surface area (Å²) in [6, 6.07) is 11.7. The van der Waals surface area contributed by atoms with Crippen LogP contribution in [0.3, 0.4) is 0 Å². The highest BCUT2D eigenvalue weighted by Crippen LogP contribution is 2.23. The standard InChI is InChI=1S/C15H16N4O/c1-10-8-14(16)19(18-10)9-12-7-6-11-4-3-5-13(20-2)15(11)17-12/h3-8H,9,16H2,1-2H3. The lowest BCUT2D eigenvalue weighted by Crippen LogP contribution is -2.07. The van der Waals surface area contributed by atoms with Crippen molar-refractivity contribution in [3.8, 4) is 5.75 Å². The first-order valence-corrected chi connectivity index (χ1v) is 6.40. The first-order valence-electron chi connectivity index (χ1n) is 6.40. The third-order valence-electron chi connectivity index (χ3n) is 3.21. The van der Waals surface area contributed by atoms with E-state index >= 15 is 0 Å². The Kier molecular flexibility index (Phi) is 3.02. The summed E-state index contributed by atoms with van der Waals surface area (Å²) in [7, 11) is 1.65. The number of hydrogen-bond acceptors (Lipinski definition) is 4. The molecule has 2 aromatic heterocycles. The summed E-state index contributed by atoms with van der Waals surface area (Å²) in [6.07, 6.45) is 0. The van der Waals surface area contributed by atoms with Crippen LogP contribution in [0.4, 0.5) is 5.82 Å². The number of ether oxygens (including phenoxy) is 1. The molecule has 1 aromatic carbocycles. The molecule has 0 saturated carbocycles. The van der Waals surface area contributed by atoms with Crippen molar-refractivity contribution in [2.45, 2.75) is 13.5 Å². The second-order valence-corrected chi connectivity index (χ2v) is 4.70. The fraction of sp³-hybridized carbons (Fsp3) is 0.200. The van der Waals surface area contributed by atoms with Gasteiger partial charge in [-0.3, -0.25) is 0 Å². The quantitative estimate of drug-likeness (QED) is 0.792. The van der Waals surface area contributed by atoms with E-state index in [-0.39, 0.29) is 0 Å². The third kappa shape index (κ3) is 2.18. The topological polar surface area (TPSA) is 66.0 Å². The van der Waals surface area contributed by atoms with Gasteiger partial charge in [0.15, 0.2) is 0 Å². The molecule has 0 unspecified atom stereocenters. The fourth-order valence-electron chi connectivity index (χ4n) is 2.26. The van der Waals surface area contributed by atoms with Crippen LogP contribution >= 0.6 is 0 Å². The van der Waals surface area contributed by atoms with Gasteiger partial charge in [-0.1, -0.05) is 18.2 Å². The van der Waals surface area contributed by atoms with Gasteiger partial charge in [0.1, 0.15) is 17.1 Å². The molecule has 0 bridgehead atoms. The van der Waals surface area contributed by atoms with E-state index < -0.39 is 0 Å². The van der Waals surface area contributed by atoms with Crippen LogP contribution in [0.1, 0.15) is 11.4 Å². The van der Waals surface area contributed by atoms with Crippen LogP contribution in [0.2, 0.25) is 0 Å². The molecule has 0 radical (unpaired) electrons. The minimum atomic E-state index is 0.549. The summed E-state index contributed by atoms with van der Waals surface area (Å²) in [6.45, 7) is 2.47. The van der Waals surface area contributed by atoms with Crippen LogP contribution in [0.5, 0.6) is 5.75 Å². The van der Waals surface area contributed by atoms with Gasteiger partial charge < -0.3 is 10.5 Å². The van der Waals surface area contributed by atoms with Crippen molar-refractivity contribution in [3.63, 3.8) is 0 Å². The monoisotopic (exact) mass is 268 g/mol. The molecule has 3 rings (SSSR count). The number of aromatic nitrogens is 3. The number of benzene rings is 1. The van der Waals surface area contributed by atoms with E-state index in [4.69, 9.17) is 10.5 Å². The minimum absolute atomic E-state index is 0.549. The van der Waals surface area contributed by atoms with Crippen molar-refractivity contribution < 1.29 is 4.74 Å². The number of nitrogen functional groups attached to an aromatic ring is 1. The largest absolute Gasteiger partial charge is 0.494 e. The Morgan fingerprint density at radius 2 is 2.10 bits per heavy atom. The van der Waals surface area contributed by atoms with Crippen LogP contribution in [0.15, 0.2) is 36.4 Å². The van der Waals surface area contributed by atoms with Gasteiger partial charge in [0.25, 0.3) is 0 Å². The van der Waals surface area contributed by atoms with Crippen molar-refractivity contribution in [1.82, 2.24) is 14.8 Å². The molecular weight excluding hydrogens is 252 g/mol.